The number of imide groups is 1. The van der Waals surface area contributed by atoms with E-state index in [1.165, 1.54) is 16.2 Å². The van der Waals surface area contributed by atoms with Crippen molar-refractivity contribution in [2.24, 2.45) is 5.92 Å². The molecular weight excluding hydrogens is 274 g/mol. The summed E-state index contributed by atoms with van der Waals surface area (Å²) in [5, 5.41) is 2.70. The maximum Gasteiger partial charge on any atom is 0.325 e. The molecule has 98 valence electrons. The molecule has 1 unspecified atom stereocenters. The van der Waals surface area contributed by atoms with Gasteiger partial charge in [-0.3, -0.25) is 9.69 Å². The molecule has 0 spiro atoms. The number of hydrogen-bond donors (Lipinski definition) is 1. The molecule has 1 N–H and O–H groups in total. The van der Waals surface area contributed by atoms with E-state index in [0.29, 0.717) is 16.8 Å². The average molecular weight is 288 g/mol. The lowest BCUT2D eigenvalue weighted by Gasteiger charge is -2.12. The molecule has 1 aromatic heterocycles. The van der Waals surface area contributed by atoms with Crippen molar-refractivity contribution in [3.63, 3.8) is 0 Å². The number of hydrogen-bond acceptors (Lipinski definition) is 4. The van der Waals surface area contributed by atoms with Crippen molar-refractivity contribution in [1.82, 2.24) is 15.2 Å². The highest BCUT2D eigenvalue weighted by Gasteiger charge is 2.38. The number of urea groups is 1. The predicted octanol–water partition coefficient (Wildman–Crippen LogP) is 2.26. The van der Waals surface area contributed by atoms with E-state index in [9.17, 15) is 9.59 Å². The fourth-order valence-corrected chi connectivity index (χ4v) is 2.84. The summed E-state index contributed by atoms with van der Waals surface area (Å²) >= 11 is 6.99. The van der Waals surface area contributed by atoms with Crippen molar-refractivity contribution in [2.75, 3.05) is 0 Å². The molecule has 1 fully saturated rings. The number of aromatic nitrogens is 1. The Morgan fingerprint density at radius 3 is 2.83 bits per heavy atom. The minimum Gasteiger partial charge on any atom is -0.326 e. The van der Waals surface area contributed by atoms with Gasteiger partial charge in [0.1, 0.15) is 6.04 Å². The Labute approximate surface area is 114 Å². The van der Waals surface area contributed by atoms with Crippen LogP contribution in [0.3, 0.4) is 0 Å². The van der Waals surface area contributed by atoms with E-state index in [4.69, 9.17) is 11.6 Å². The van der Waals surface area contributed by atoms with Crippen molar-refractivity contribution in [3.05, 3.63) is 15.5 Å². The number of carbonyl (C=O) groups excluding carboxylic acids is 2. The molecule has 1 aromatic rings. The van der Waals surface area contributed by atoms with Crippen LogP contribution in [-0.4, -0.2) is 27.9 Å². The van der Waals surface area contributed by atoms with E-state index in [1.807, 2.05) is 13.8 Å². The molecule has 18 heavy (non-hydrogen) atoms. The number of rotatable bonds is 4. The predicted molar refractivity (Wildman–Crippen MR) is 69.4 cm³/mol. The number of halogens is 1. The van der Waals surface area contributed by atoms with Crippen LogP contribution in [0.1, 0.15) is 25.1 Å². The van der Waals surface area contributed by atoms with Gasteiger partial charge in [-0.15, -0.1) is 11.3 Å². The fraction of sp³-hybridized carbons (Fsp3) is 0.545. The van der Waals surface area contributed by atoms with Gasteiger partial charge in [0.15, 0.2) is 4.47 Å². The monoisotopic (exact) mass is 287 g/mol. The Morgan fingerprint density at radius 1 is 1.56 bits per heavy atom. The molecule has 0 aliphatic carbocycles. The molecule has 1 aliphatic rings. The molecule has 1 atom stereocenters. The molecule has 1 aliphatic heterocycles. The van der Waals surface area contributed by atoms with E-state index in [1.54, 1.807) is 6.20 Å². The zero-order chi connectivity index (χ0) is 13.3. The second-order valence-electron chi connectivity index (χ2n) is 4.64. The van der Waals surface area contributed by atoms with E-state index >= 15 is 0 Å². The Kier molecular flexibility index (Phi) is 3.87. The Bertz CT molecular complexity index is 475. The Morgan fingerprint density at radius 2 is 2.28 bits per heavy atom. The highest BCUT2D eigenvalue weighted by atomic mass is 35.5. The summed E-state index contributed by atoms with van der Waals surface area (Å²) in [6.45, 7) is 4.28. The first kappa shape index (κ1) is 13.3. The standard InChI is InChI=1S/C11H14ClN3O2S/c1-6(2)3-8-9(16)15(11(17)14-8)5-7-4-13-10(12)18-7/h4,6,8H,3,5H2,1-2H3,(H,14,17). The third-order valence-electron chi connectivity index (χ3n) is 2.65. The summed E-state index contributed by atoms with van der Waals surface area (Å²) in [5.41, 5.74) is 0. The zero-order valence-electron chi connectivity index (χ0n) is 10.1. The SMILES string of the molecule is CC(C)CC1NC(=O)N(Cc2cnc(Cl)s2)C1=O. The van der Waals surface area contributed by atoms with E-state index in [-0.39, 0.29) is 18.5 Å². The second-order valence-corrected chi connectivity index (χ2v) is 6.33. The maximum atomic E-state index is 12.1. The fourth-order valence-electron chi connectivity index (χ4n) is 1.87. The molecule has 0 saturated carbocycles. The molecule has 7 heteroatoms. The number of nitrogens with one attached hydrogen (secondary N) is 1. The molecule has 2 rings (SSSR count). The summed E-state index contributed by atoms with van der Waals surface area (Å²) in [7, 11) is 0. The number of carbonyl (C=O) groups is 2. The third kappa shape index (κ3) is 2.81. The van der Waals surface area contributed by atoms with Gasteiger partial charge >= 0.3 is 6.03 Å². The Hall–Kier alpha value is -1.14. The lowest BCUT2D eigenvalue weighted by molar-refractivity contribution is -0.128. The van der Waals surface area contributed by atoms with Gasteiger partial charge in [-0.1, -0.05) is 25.4 Å². The summed E-state index contributed by atoms with van der Waals surface area (Å²) in [5.74, 6) is 0.190. The number of amides is 3. The average Bonchev–Trinajstić information content (AvgIpc) is 2.78. The summed E-state index contributed by atoms with van der Waals surface area (Å²) < 4.78 is 0.413. The van der Waals surface area contributed by atoms with Crippen molar-refractivity contribution >= 4 is 34.9 Å². The van der Waals surface area contributed by atoms with Crippen LogP contribution < -0.4 is 5.32 Å². The van der Waals surface area contributed by atoms with Crippen LogP contribution in [0.25, 0.3) is 0 Å². The number of nitrogens with zero attached hydrogens (tertiary/aromatic N) is 2. The molecule has 5 nitrogen and oxygen atoms in total. The highest BCUT2D eigenvalue weighted by molar-refractivity contribution is 7.15. The van der Waals surface area contributed by atoms with Gasteiger partial charge in [-0.05, 0) is 12.3 Å². The number of thiazole rings is 1. The normalized spacial score (nSPS) is 19.8. The quantitative estimate of drug-likeness (QED) is 0.864. The lowest BCUT2D eigenvalue weighted by atomic mass is 10.0. The van der Waals surface area contributed by atoms with Gasteiger partial charge in [0.25, 0.3) is 5.91 Å². The van der Waals surface area contributed by atoms with Crippen LogP contribution in [0.5, 0.6) is 0 Å². The maximum absolute atomic E-state index is 12.1. The van der Waals surface area contributed by atoms with Gasteiger partial charge < -0.3 is 5.32 Å². The van der Waals surface area contributed by atoms with Crippen molar-refractivity contribution in [3.8, 4) is 0 Å². The van der Waals surface area contributed by atoms with Crippen LogP contribution in [0, 0.1) is 5.92 Å². The second kappa shape index (κ2) is 5.24. The van der Waals surface area contributed by atoms with Crippen LogP contribution in [-0.2, 0) is 11.3 Å². The zero-order valence-corrected chi connectivity index (χ0v) is 11.7. The molecule has 2 heterocycles. The van der Waals surface area contributed by atoms with E-state index in [0.717, 1.165) is 4.88 Å². The highest BCUT2D eigenvalue weighted by Crippen LogP contribution is 2.22. The summed E-state index contributed by atoms with van der Waals surface area (Å²) in [6.07, 6.45) is 2.24. The van der Waals surface area contributed by atoms with Crippen LogP contribution >= 0.6 is 22.9 Å². The minimum absolute atomic E-state index is 0.168. The van der Waals surface area contributed by atoms with Crippen LogP contribution in [0.2, 0.25) is 4.47 Å². The largest absolute Gasteiger partial charge is 0.326 e. The van der Waals surface area contributed by atoms with Gasteiger partial charge in [0.2, 0.25) is 0 Å². The van der Waals surface area contributed by atoms with Gasteiger partial charge in [-0.25, -0.2) is 9.78 Å². The summed E-state index contributed by atoms with van der Waals surface area (Å²) in [4.78, 5) is 29.7. The smallest absolute Gasteiger partial charge is 0.325 e. The van der Waals surface area contributed by atoms with E-state index in [2.05, 4.69) is 10.3 Å². The summed E-state index contributed by atoms with van der Waals surface area (Å²) in [6, 6.07) is -0.740. The van der Waals surface area contributed by atoms with Crippen molar-refractivity contribution < 1.29 is 9.59 Å². The minimum atomic E-state index is -0.402. The van der Waals surface area contributed by atoms with E-state index < -0.39 is 6.04 Å². The molecule has 0 radical (unpaired) electrons. The van der Waals surface area contributed by atoms with Crippen molar-refractivity contribution in [2.45, 2.75) is 32.9 Å². The molecule has 0 aromatic carbocycles. The lowest BCUT2D eigenvalue weighted by Crippen LogP contribution is -2.31. The first-order valence-corrected chi connectivity index (χ1v) is 6.89. The Balaban J connectivity index is 2.05. The molecule has 3 amide bonds. The topological polar surface area (TPSA) is 62.3 Å². The van der Waals surface area contributed by atoms with Crippen molar-refractivity contribution in [1.29, 1.82) is 0 Å². The molecule has 0 bridgehead atoms. The molecule has 1 saturated heterocycles. The van der Waals surface area contributed by atoms with Crippen LogP contribution in [0.4, 0.5) is 4.79 Å². The third-order valence-corrected chi connectivity index (χ3v) is 3.75. The molecular formula is C11H14ClN3O2S. The van der Waals surface area contributed by atoms with Gasteiger partial charge in [0.05, 0.1) is 6.54 Å². The first-order valence-electron chi connectivity index (χ1n) is 5.69. The van der Waals surface area contributed by atoms with Crippen LogP contribution in [0.15, 0.2) is 6.20 Å². The first-order chi connectivity index (χ1) is 8.47. The van der Waals surface area contributed by atoms with Gasteiger partial charge in [-0.2, -0.15) is 0 Å². The van der Waals surface area contributed by atoms with Gasteiger partial charge in [0, 0.05) is 11.1 Å².